The predicted octanol–water partition coefficient (Wildman–Crippen LogP) is 3.46. The van der Waals surface area contributed by atoms with E-state index in [0.717, 1.165) is 5.56 Å². The van der Waals surface area contributed by atoms with Gasteiger partial charge in [0.05, 0.1) is 29.7 Å². The third-order valence-electron chi connectivity index (χ3n) is 4.83. The zero-order valence-corrected chi connectivity index (χ0v) is 20.3. The van der Waals surface area contributed by atoms with Crippen LogP contribution < -0.4 is 14.6 Å². The van der Waals surface area contributed by atoms with E-state index in [2.05, 4.69) is 10.8 Å². The molecule has 0 spiro atoms. The van der Waals surface area contributed by atoms with Gasteiger partial charge in [-0.2, -0.15) is 5.26 Å². The van der Waals surface area contributed by atoms with Gasteiger partial charge >= 0.3 is 0 Å². The molecular weight excluding hydrogens is 498 g/mol. The SMILES string of the molecule is N#Cc1cccc(CCOc2cc(Cl)ccc2CCS(=O)(=O)Nc2ccccc2S(N)(=O)=O)c1. The van der Waals surface area contributed by atoms with Gasteiger partial charge in [0.1, 0.15) is 10.6 Å². The first-order valence-electron chi connectivity index (χ1n) is 10.1. The first kappa shape index (κ1) is 25.5. The van der Waals surface area contributed by atoms with Gasteiger partial charge in [0, 0.05) is 11.4 Å². The number of hydrogen-bond donors (Lipinski definition) is 2. The Balaban J connectivity index is 1.68. The fourth-order valence-electron chi connectivity index (χ4n) is 3.21. The molecule has 0 aliphatic rings. The third kappa shape index (κ3) is 7.20. The van der Waals surface area contributed by atoms with Crippen LogP contribution in [0.1, 0.15) is 16.7 Å². The van der Waals surface area contributed by atoms with Gasteiger partial charge in [0.15, 0.2) is 0 Å². The van der Waals surface area contributed by atoms with Gasteiger partial charge in [-0.25, -0.2) is 22.0 Å². The maximum atomic E-state index is 12.7. The number of ether oxygens (including phenoxy) is 1. The highest BCUT2D eigenvalue weighted by atomic mass is 35.5. The molecule has 0 radical (unpaired) electrons. The topological polar surface area (TPSA) is 139 Å². The number of benzene rings is 3. The Morgan fingerprint density at radius 1 is 0.971 bits per heavy atom. The van der Waals surface area contributed by atoms with E-state index in [9.17, 15) is 16.8 Å². The molecule has 0 bridgehead atoms. The Labute approximate surface area is 204 Å². The highest BCUT2D eigenvalue weighted by Gasteiger charge is 2.19. The van der Waals surface area contributed by atoms with E-state index in [1.54, 1.807) is 36.4 Å². The summed E-state index contributed by atoms with van der Waals surface area (Å²) in [7, 11) is -8.00. The molecule has 34 heavy (non-hydrogen) atoms. The second kappa shape index (κ2) is 10.9. The van der Waals surface area contributed by atoms with Gasteiger partial charge in [0.25, 0.3) is 0 Å². The van der Waals surface area contributed by atoms with Crippen LogP contribution in [0.15, 0.2) is 71.6 Å². The maximum Gasteiger partial charge on any atom is 0.240 e. The van der Waals surface area contributed by atoms with Crippen molar-refractivity contribution in [1.82, 2.24) is 0 Å². The van der Waals surface area contributed by atoms with Gasteiger partial charge in [-0.05, 0) is 53.9 Å². The number of halogens is 1. The highest BCUT2D eigenvalue weighted by molar-refractivity contribution is 7.93. The molecule has 11 heteroatoms. The first-order chi connectivity index (χ1) is 16.1. The van der Waals surface area contributed by atoms with Crippen molar-refractivity contribution >= 4 is 37.3 Å². The summed E-state index contributed by atoms with van der Waals surface area (Å²) in [4.78, 5) is -0.311. The van der Waals surface area contributed by atoms with E-state index in [0.29, 0.717) is 34.9 Å². The summed E-state index contributed by atoms with van der Waals surface area (Å²) in [6.07, 6.45) is 0.648. The van der Waals surface area contributed by atoms with Crippen LogP contribution in [0.25, 0.3) is 0 Å². The standard InChI is InChI=1S/C23H22ClN3O5S2/c24-20-9-8-19(22(15-20)32-12-10-17-4-3-5-18(14-17)16-25)11-13-33(28,29)27-21-6-1-2-7-23(21)34(26,30)31/h1-9,14-15,27H,10-13H2,(H2,26,30,31). The molecule has 0 fully saturated rings. The third-order valence-corrected chi connectivity index (χ3v) is 7.31. The maximum absolute atomic E-state index is 12.7. The molecule has 0 aromatic heterocycles. The number of nitrogens with one attached hydrogen (secondary N) is 1. The van der Waals surface area contributed by atoms with Crippen molar-refractivity contribution in [3.8, 4) is 11.8 Å². The minimum absolute atomic E-state index is 0.100. The molecule has 3 aromatic rings. The lowest BCUT2D eigenvalue weighted by molar-refractivity contribution is 0.319. The molecule has 0 aliphatic carbocycles. The number of sulfonamides is 2. The summed E-state index contributed by atoms with van der Waals surface area (Å²) in [5.74, 6) is 0.123. The molecule has 0 heterocycles. The smallest absolute Gasteiger partial charge is 0.240 e. The number of aryl methyl sites for hydroxylation is 1. The van der Waals surface area contributed by atoms with E-state index >= 15 is 0 Å². The Morgan fingerprint density at radius 2 is 1.74 bits per heavy atom. The zero-order chi connectivity index (χ0) is 24.8. The van der Waals surface area contributed by atoms with Crippen LogP contribution in [0.3, 0.4) is 0 Å². The Hall–Kier alpha value is -3.10. The minimum atomic E-state index is -4.10. The van der Waals surface area contributed by atoms with Crippen LogP contribution in [-0.4, -0.2) is 29.2 Å². The molecule has 8 nitrogen and oxygen atoms in total. The van der Waals surface area contributed by atoms with Crippen LogP contribution in [0, 0.1) is 11.3 Å². The second-order valence-electron chi connectivity index (χ2n) is 7.37. The quantitative estimate of drug-likeness (QED) is 0.420. The van der Waals surface area contributed by atoms with E-state index in [1.165, 1.54) is 24.3 Å². The Bertz CT molecular complexity index is 1430. The van der Waals surface area contributed by atoms with Crippen LogP contribution in [-0.2, 0) is 32.9 Å². The molecule has 3 N–H and O–H groups in total. The predicted molar refractivity (Wildman–Crippen MR) is 131 cm³/mol. The minimum Gasteiger partial charge on any atom is -0.493 e. The van der Waals surface area contributed by atoms with Crippen molar-refractivity contribution in [3.63, 3.8) is 0 Å². The van der Waals surface area contributed by atoms with Crippen molar-refractivity contribution < 1.29 is 21.6 Å². The normalized spacial score (nSPS) is 11.6. The van der Waals surface area contributed by atoms with Gasteiger partial charge in [-0.3, -0.25) is 4.72 Å². The van der Waals surface area contributed by atoms with Gasteiger partial charge in [-0.1, -0.05) is 41.9 Å². The van der Waals surface area contributed by atoms with Crippen LogP contribution in [0.4, 0.5) is 5.69 Å². The second-order valence-corrected chi connectivity index (χ2v) is 11.2. The lowest BCUT2D eigenvalue weighted by atomic mass is 10.1. The summed E-state index contributed by atoms with van der Waals surface area (Å²) < 4.78 is 56.9. The molecule has 0 saturated carbocycles. The average Bonchev–Trinajstić information content (AvgIpc) is 2.78. The summed E-state index contributed by atoms with van der Waals surface area (Å²) >= 11 is 6.09. The van der Waals surface area contributed by atoms with Crippen molar-refractivity contribution in [2.45, 2.75) is 17.7 Å². The lowest BCUT2D eigenvalue weighted by Crippen LogP contribution is -2.21. The van der Waals surface area contributed by atoms with E-state index in [-0.39, 0.29) is 22.8 Å². The van der Waals surface area contributed by atoms with Crippen molar-refractivity contribution in [3.05, 3.63) is 88.4 Å². The summed E-state index contributed by atoms with van der Waals surface area (Å²) in [6.45, 7) is 0.301. The van der Waals surface area contributed by atoms with Crippen LogP contribution in [0.2, 0.25) is 5.02 Å². The van der Waals surface area contributed by atoms with Crippen LogP contribution in [0.5, 0.6) is 5.75 Å². The largest absolute Gasteiger partial charge is 0.493 e. The molecule has 3 aromatic carbocycles. The highest BCUT2D eigenvalue weighted by Crippen LogP contribution is 2.26. The molecular formula is C23H22ClN3O5S2. The van der Waals surface area contributed by atoms with Crippen molar-refractivity contribution in [2.24, 2.45) is 5.14 Å². The fourth-order valence-corrected chi connectivity index (χ4v) is 5.23. The first-order valence-corrected chi connectivity index (χ1v) is 13.7. The molecule has 178 valence electrons. The Kier molecular flexibility index (Phi) is 8.17. The number of nitrogens with two attached hydrogens (primary N) is 1. The number of hydrogen-bond acceptors (Lipinski definition) is 6. The number of rotatable bonds is 10. The summed E-state index contributed by atoms with van der Waals surface area (Å²) in [5, 5.41) is 14.6. The summed E-state index contributed by atoms with van der Waals surface area (Å²) in [5.41, 5.74) is 2.00. The molecule has 3 rings (SSSR count). The van der Waals surface area contributed by atoms with Gasteiger partial charge in [-0.15, -0.1) is 0 Å². The van der Waals surface area contributed by atoms with E-state index < -0.39 is 20.0 Å². The number of nitrogens with zero attached hydrogens (tertiary/aromatic N) is 1. The average molecular weight is 520 g/mol. The lowest BCUT2D eigenvalue weighted by Gasteiger charge is -2.14. The molecule has 0 aliphatic heterocycles. The molecule has 0 atom stereocenters. The number of anilines is 1. The monoisotopic (exact) mass is 519 g/mol. The molecule has 0 saturated heterocycles. The fraction of sp³-hybridized carbons (Fsp3) is 0.174. The Morgan fingerprint density at radius 3 is 2.47 bits per heavy atom. The molecule has 0 unspecified atom stereocenters. The van der Waals surface area contributed by atoms with Crippen molar-refractivity contribution in [2.75, 3.05) is 17.1 Å². The van der Waals surface area contributed by atoms with E-state index in [1.807, 2.05) is 6.07 Å². The number of primary sulfonamides is 1. The van der Waals surface area contributed by atoms with Gasteiger partial charge in [0.2, 0.25) is 20.0 Å². The summed E-state index contributed by atoms with van der Waals surface area (Å²) in [6, 6.07) is 19.7. The van der Waals surface area contributed by atoms with Crippen LogP contribution >= 0.6 is 11.6 Å². The zero-order valence-electron chi connectivity index (χ0n) is 17.9. The number of nitriles is 1. The van der Waals surface area contributed by atoms with E-state index in [4.69, 9.17) is 26.7 Å². The number of para-hydroxylation sites is 1. The van der Waals surface area contributed by atoms with Crippen molar-refractivity contribution in [1.29, 1.82) is 5.26 Å². The molecule has 0 amide bonds. The van der Waals surface area contributed by atoms with Gasteiger partial charge < -0.3 is 4.74 Å².